The third kappa shape index (κ3) is 20.6. The lowest BCUT2D eigenvalue weighted by Crippen LogP contribution is -2.56. The third-order valence-electron chi connectivity index (χ3n) is 25.5. The minimum atomic E-state index is -4.90. The number of nitriles is 2. The van der Waals surface area contributed by atoms with Crippen molar-refractivity contribution in [2.45, 2.75) is 139 Å². The Morgan fingerprint density at radius 2 is 0.921 bits per heavy atom. The quantitative estimate of drug-likeness (QED) is 0.0347. The molecule has 4 aromatic heterocycles. The molecule has 9 aliphatic heterocycles. The van der Waals surface area contributed by atoms with E-state index in [0.717, 1.165) is 105 Å². The maximum atomic E-state index is 14.4. The van der Waals surface area contributed by atoms with Crippen LogP contribution in [0.3, 0.4) is 0 Å². The number of likely N-dealkylation sites (tertiary alicyclic amines) is 3. The summed E-state index contributed by atoms with van der Waals surface area (Å²) in [4.78, 5) is 96.6. The molecule has 13 heterocycles. The van der Waals surface area contributed by atoms with Gasteiger partial charge < -0.3 is 77.7 Å². The largest absolute Gasteiger partial charge is 0.462 e. The standard InChI is InChI=1S/C33H39N7O3.C29H33F4N7O2.C28H32F4N8O2/c1-5-31(41)40-16-15-39(19-25(40)18-34-2)32-28-13-14-38(30-12-8-10-23-9-6-7-11-27(23)30)21-29(28)35-33(36-32)43-22-24-17-26(42-4)20-37(24)3;1-3-25(41)40-15-14-39(16-19(40)9-11-34)27-21-10-13-38(24-8-4-7-22(30)26(24)29(31,32)33)17-23(21)35-28(36-27)42-18-20-6-5-12-37(20)2;1-3-24(41)40-12-11-39(15-18(40)6-8-33)26-20-7-10-38(23-14-34-13-21(29)25(23)28(30,31)32)16-22(20)35-27(36-26)42-17-19-5-4-9-37(19)2/h5-12,24-26H,1,13-22H2,3-4H3;3-4,7-8,19-20H,1,5-6,9-10,12-18H2,2H3;3,13-14,18-19H,1,4-7,9-12,15-17H2,2H3/t24-,25?,26+;19-,20+;18-,19-/m000/s1. The van der Waals surface area contributed by atoms with Gasteiger partial charge >= 0.3 is 30.4 Å². The Bertz CT molecular complexity index is 5110. The number of pyridine rings is 1. The highest BCUT2D eigenvalue weighted by molar-refractivity contribution is 5.94. The third-order valence-corrected chi connectivity index (χ3v) is 25.5. The number of fused-ring (bicyclic) bond motifs is 4. The molecule has 0 bridgehead atoms. The van der Waals surface area contributed by atoms with E-state index in [1.165, 1.54) is 56.6 Å². The lowest BCUT2D eigenvalue weighted by Gasteiger charge is -2.42. The Labute approximate surface area is 732 Å². The number of hydrogen-bond donors (Lipinski definition) is 0. The first kappa shape index (κ1) is 91.1. The number of carbonyl (C=O) groups is 3. The summed E-state index contributed by atoms with van der Waals surface area (Å²) in [7, 11) is 7.89. The second kappa shape index (κ2) is 40.3. The fourth-order valence-electron chi connectivity index (χ4n) is 18.7. The SMILES string of the molecule is C=CC(=O)N1CCN(c2nc(OC[C@@H]3CCCN3C)nc3c2CCN(c2cncc(F)c2C(F)(F)F)C3)C[C@@H]1CC#N.C=CC(=O)N1CCN(c2nc(OC[C@H]3CCCN3C)nc3c2CCN(c2cccc(F)c2C(F)(F)F)C3)C[C@@H]1CC#N.[C-]#[N+]CC1CN(c2nc(OC[C@@H]3C[C@@H](OC)CN3C)nc3c2CCN(c2cccc4ccccc24)C3)CCN1C(=O)C=C. The molecule has 6 saturated heterocycles. The zero-order valence-corrected chi connectivity index (χ0v) is 71.7. The van der Waals surface area contributed by atoms with Gasteiger partial charge in [0.15, 0.2) is 5.82 Å². The minimum absolute atomic E-state index is 0.00756. The van der Waals surface area contributed by atoms with Crippen LogP contribution in [0, 0.1) is 40.9 Å². The molecular weight excluding hydrogens is 1650 g/mol. The van der Waals surface area contributed by atoms with Gasteiger partial charge in [0.25, 0.3) is 0 Å². The van der Waals surface area contributed by atoms with Crippen LogP contribution in [-0.4, -0.2) is 277 Å². The van der Waals surface area contributed by atoms with Crippen LogP contribution in [-0.2, 0) is 70.4 Å². The molecule has 0 aliphatic carbocycles. The molecule has 127 heavy (non-hydrogen) atoms. The molecule has 16 rings (SSSR count). The van der Waals surface area contributed by atoms with Gasteiger partial charge in [-0.15, -0.1) is 0 Å². The van der Waals surface area contributed by atoms with Crippen molar-refractivity contribution in [1.82, 2.24) is 64.3 Å². The van der Waals surface area contributed by atoms with Gasteiger partial charge in [-0.1, -0.05) is 62.2 Å². The summed E-state index contributed by atoms with van der Waals surface area (Å²) in [5, 5.41) is 21.3. The molecule has 9 aliphatic rings. The first-order valence-electron chi connectivity index (χ1n) is 42.8. The summed E-state index contributed by atoms with van der Waals surface area (Å²) >= 11 is 0. The van der Waals surface area contributed by atoms with E-state index >= 15 is 0 Å². The number of methoxy groups -OCH3 is 1. The number of carbonyl (C=O) groups excluding carboxylic acids is 3. The summed E-state index contributed by atoms with van der Waals surface area (Å²) in [6, 6.07) is 22.7. The van der Waals surface area contributed by atoms with Crippen LogP contribution in [0.5, 0.6) is 18.0 Å². The zero-order chi connectivity index (χ0) is 90.0. The van der Waals surface area contributed by atoms with Gasteiger partial charge in [-0.2, -0.15) is 66.8 Å². The van der Waals surface area contributed by atoms with Gasteiger partial charge in [0.05, 0.1) is 104 Å². The molecule has 1 unspecified atom stereocenters. The number of nitrogens with zero attached hydrogens (tertiary/aromatic N) is 22. The van der Waals surface area contributed by atoms with Gasteiger partial charge in [0.1, 0.15) is 60.3 Å². The van der Waals surface area contributed by atoms with E-state index in [1.807, 2.05) is 23.9 Å². The number of halogens is 8. The predicted molar refractivity (Wildman–Crippen MR) is 460 cm³/mol. The van der Waals surface area contributed by atoms with Gasteiger partial charge in [0, 0.05) is 138 Å². The van der Waals surface area contributed by atoms with E-state index in [-0.39, 0.29) is 117 Å². The van der Waals surface area contributed by atoms with Crippen molar-refractivity contribution in [2.24, 2.45) is 0 Å². The summed E-state index contributed by atoms with van der Waals surface area (Å²) in [5.74, 6) is -1.41. The number of ether oxygens (including phenoxy) is 4. The van der Waals surface area contributed by atoms with E-state index in [4.69, 9.17) is 45.5 Å². The molecule has 3 aromatic carbocycles. The summed E-state index contributed by atoms with van der Waals surface area (Å²) in [6.45, 7) is 28.2. The van der Waals surface area contributed by atoms with Crippen LogP contribution in [0.2, 0.25) is 0 Å². The molecule has 0 radical (unpaired) electrons. The highest BCUT2D eigenvalue weighted by atomic mass is 19.4. The maximum Gasteiger partial charge on any atom is 0.421 e. The van der Waals surface area contributed by atoms with Crippen molar-refractivity contribution in [3.8, 4) is 30.2 Å². The second-order valence-electron chi connectivity index (χ2n) is 33.2. The Morgan fingerprint density at radius 1 is 0.496 bits per heavy atom. The van der Waals surface area contributed by atoms with Gasteiger partial charge in [-0.05, 0) is 127 Å². The molecule has 0 N–H and O–H groups in total. The molecule has 6 fully saturated rings. The van der Waals surface area contributed by atoms with Gasteiger partial charge in [0.2, 0.25) is 24.3 Å². The molecule has 0 spiro atoms. The monoisotopic (exact) mass is 1760 g/mol. The van der Waals surface area contributed by atoms with E-state index in [0.29, 0.717) is 133 Å². The first-order valence-corrected chi connectivity index (χ1v) is 42.8. The van der Waals surface area contributed by atoms with Crippen molar-refractivity contribution < 1.29 is 68.5 Å². The Balaban J connectivity index is 0.000000154. The van der Waals surface area contributed by atoms with Gasteiger partial charge in [-0.3, -0.25) is 24.3 Å². The first-order chi connectivity index (χ1) is 61.2. The van der Waals surface area contributed by atoms with Crippen LogP contribution >= 0.6 is 0 Å². The van der Waals surface area contributed by atoms with Crippen molar-refractivity contribution in [3.63, 3.8) is 0 Å². The average molecular weight is 1760 g/mol. The van der Waals surface area contributed by atoms with Crippen LogP contribution in [0.25, 0.3) is 15.6 Å². The van der Waals surface area contributed by atoms with Crippen LogP contribution < -0.4 is 43.6 Å². The Kier molecular flexibility index (Phi) is 28.9. The molecule has 672 valence electrons. The van der Waals surface area contributed by atoms with E-state index < -0.39 is 47.2 Å². The van der Waals surface area contributed by atoms with Crippen molar-refractivity contribution >= 4 is 63.0 Å². The van der Waals surface area contributed by atoms with Gasteiger partial charge in [-0.25, -0.2) is 15.4 Å². The molecule has 7 aromatic rings. The normalized spacial score (nSPS) is 21.6. The van der Waals surface area contributed by atoms with Crippen molar-refractivity contribution in [1.29, 1.82) is 10.5 Å². The van der Waals surface area contributed by atoms with E-state index in [9.17, 15) is 60.0 Å². The number of rotatable bonds is 22. The Hall–Kier alpha value is -12.1. The second-order valence-corrected chi connectivity index (χ2v) is 33.2. The number of aromatic nitrogens is 7. The average Bonchev–Trinajstić information content (AvgIpc) is 1.45. The van der Waals surface area contributed by atoms with Crippen LogP contribution in [0.1, 0.15) is 89.8 Å². The summed E-state index contributed by atoms with van der Waals surface area (Å²) < 4.78 is 136. The molecule has 37 heteroatoms. The fourth-order valence-corrected chi connectivity index (χ4v) is 18.7. The number of hydrogen-bond acceptors (Lipinski definition) is 25. The predicted octanol–water partition coefficient (Wildman–Crippen LogP) is 10.4. The number of piperazine rings is 3. The number of anilines is 6. The number of likely N-dealkylation sites (N-methyl/N-ethyl adjacent to an activating group) is 3. The molecule has 3 amide bonds. The summed E-state index contributed by atoms with van der Waals surface area (Å²) in [5.41, 5.74) is 2.49. The van der Waals surface area contributed by atoms with E-state index in [2.05, 4.69) is 126 Å². The van der Waals surface area contributed by atoms with Crippen LogP contribution in [0.15, 0.2) is 111 Å². The maximum absolute atomic E-state index is 14.4. The zero-order valence-electron chi connectivity index (χ0n) is 71.7. The van der Waals surface area contributed by atoms with Crippen LogP contribution in [0.4, 0.5) is 69.6 Å². The highest BCUT2D eigenvalue weighted by Gasteiger charge is 2.44. The highest BCUT2D eigenvalue weighted by Crippen LogP contribution is 2.44. The Morgan fingerprint density at radius 3 is 1.36 bits per heavy atom. The fraction of sp³-hybridized carbons (Fsp3) is 0.500. The van der Waals surface area contributed by atoms with E-state index in [1.54, 1.807) is 21.8 Å². The molecular formula is C90H104F8N22O7. The topological polar surface area (TPSA) is 269 Å². The number of alkyl halides is 6. The minimum Gasteiger partial charge on any atom is -0.462 e. The van der Waals surface area contributed by atoms with Crippen molar-refractivity contribution in [2.75, 3.05) is 182 Å². The molecule has 0 saturated carbocycles. The number of amides is 3. The van der Waals surface area contributed by atoms with Crippen molar-refractivity contribution in [3.05, 3.63) is 179 Å². The summed E-state index contributed by atoms with van der Waals surface area (Å²) in [6.07, 6.45) is 2.36. The number of benzene rings is 3. The lowest BCUT2D eigenvalue weighted by atomic mass is 10.0. The molecule has 7 atom stereocenters. The lowest BCUT2D eigenvalue weighted by molar-refractivity contribution is -0.140. The smallest absolute Gasteiger partial charge is 0.421 e. The molecule has 29 nitrogen and oxygen atoms in total.